The lowest BCUT2D eigenvalue weighted by Crippen LogP contribution is -2.24. The Hall–Kier alpha value is -1.82. The summed E-state index contributed by atoms with van der Waals surface area (Å²) in [5, 5.41) is 15.5. The predicted molar refractivity (Wildman–Crippen MR) is 74.7 cm³/mol. The highest BCUT2D eigenvalue weighted by Gasteiger charge is 2.15. The van der Waals surface area contributed by atoms with E-state index < -0.39 is 0 Å². The number of tetrazole rings is 1. The Labute approximate surface area is 118 Å². The largest absolute Gasteiger partial charge is 0.310 e. The van der Waals surface area contributed by atoms with E-state index in [0.717, 1.165) is 18.5 Å². The van der Waals surface area contributed by atoms with Crippen molar-refractivity contribution in [2.45, 2.75) is 32.7 Å². The molecule has 0 saturated heterocycles. The molecule has 1 N–H and O–H groups in total. The number of nitrogens with zero attached hydrogens (tertiary/aromatic N) is 4. The number of nitrogens with one attached hydrogen (secondary N) is 1. The second kappa shape index (κ2) is 6.56. The van der Waals surface area contributed by atoms with Crippen LogP contribution in [0.15, 0.2) is 18.2 Å². The maximum Gasteiger partial charge on any atom is 0.176 e. The van der Waals surface area contributed by atoms with Gasteiger partial charge in [-0.25, -0.2) is 4.39 Å². The normalized spacial score (nSPS) is 12.6. The Kier molecular flexibility index (Phi) is 4.79. The number of halogens is 1. The van der Waals surface area contributed by atoms with Crippen molar-refractivity contribution < 1.29 is 4.39 Å². The maximum absolute atomic E-state index is 13.4. The zero-order chi connectivity index (χ0) is 14.5. The van der Waals surface area contributed by atoms with Crippen molar-refractivity contribution in [1.29, 1.82) is 0 Å². The van der Waals surface area contributed by atoms with E-state index >= 15 is 0 Å². The molecule has 0 bridgehead atoms. The summed E-state index contributed by atoms with van der Waals surface area (Å²) in [5.41, 5.74) is 1.70. The monoisotopic (exact) mass is 277 g/mol. The third-order valence-electron chi connectivity index (χ3n) is 3.16. The number of benzene rings is 1. The van der Waals surface area contributed by atoms with Gasteiger partial charge in [0.25, 0.3) is 0 Å². The van der Waals surface area contributed by atoms with Crippen molar-refractivity contribution in [2.75, 3.05) is 6.54 Å². The summed E-state index contributed by atoms with van der Waals surface area (Å²) in [5.74, 6) is 0.503. The first kappa shape index (κ1) is 14.6. The minimum Gasteiger partial charge on any atom is -0.310 e. The van der Waals surface area contributed by atoms with E-state index in [9.17, 15) is 4.39 Å². The molecule has 0 aliphatic rings. The number of aryl methyl sites for hydroxylation is 2. The van der Waals surface area contributed by atoms with Crippen LogP contribution in [0.3, 0.4) is 0 Å². The van der Waals surface area contributed by atoms with E-state index in [4.69, 9.17) is 0 Å². The van der Waals surface area contributed by atoms with Crippen LogP contribution in [0.5, 0.6) is 0 Å². The molecule has 20 heavy (non-hydrogen) atoms. The zero-order valence-corrected chi connectivity index (χ0v) is 12.1. The summed E-state index contributed by atoms with van der Waals surface area (Å²) in [7, 11) is 1.74. The first-order chi connectivity index (χ1) is 9.60. The van der Waals surface area contributed by atoms with Crippen LogP contribution in [0.4, 0.5) is 4.39 Å². The molecule has 1 unspecified atom stereocenters. The smallest absolute Gasteiger partial charge is 0.176 e. The summed E-state index contributed by atoms with van der Waals surface area (Å²) in [6, 6.07) is 5.26. The summed E-state index contributed by atoms with van der Waals surface area (Å²) in [6.45, 7) is 4.78. The van der Waals surface area contributed by atoms with E-state index in [-0.39, 0.29) is 11.9 Å². The van der Waals surface area contributed by atoms with E-state index in [1.165, 1.54) is 10.9 Å². The highest BCUT2D eigenvalue weighted by atomic mass is 19.1. The van der Waals surface area contributed by atoms with Crippen LogP contribution < -0.4 is 5.32 Å². The van der Waals surface area contributed by atoms with Gasteiger partial charge >= 0.3 is 0 Å². The molecule has 108 valence electrons. The van der Waals surface area contributed by atoms with Crippen molar-refractivity contribution in [2.24, 2.45) is 7.05 Å². The first-order valence-corrected chi connectivity index (χ1v) is 6.82. The number of aromatic nitrogens is 4. The predicted octanol–water partition coefficient (Wildman–Crippen LogP) is 1.94. The standard InChI is InChI=1S/C14H20FN5/c1-4-7-16-13(9-14-17-19-20(3)18-14)11-5-6-12(15)10(2)8-11/h5-6,8,13,16H,4,7,9H2,1-3H3. The minimum absolute atomic E-state index is 0.0680. The van der Waals surface area contributed by atoms with Gasteiger partial charge in [0.15, 0.2) is 5.82 Å². The third-order valence-corrected chi connectivity index (χ3v) is 3.16. The molecule has 1 atom stereocenters. The van der Waals surface area contributed by atoms with Gasteiger partial charge in [-0.3, -0.25) is 0 Å². The van der Waals surface area contributed by atoms with E-state index in [0.29, 0.717) is 17.8 Å². The molecule has 1 aromatic carbocycles. The Morgan fingerprint density at radius 3 is 2.80 bits per heavy atom. The lowest BCUT2D eigenvalue weighted by molar-refractivity contribution is 0.515. The SMILES string of the molecule is CCCNC(Cc1nnn(C)n1)c1ccc(F)c(C)c1. The molecule has 1 heterocycles. The Morgan fingerprint density at radius 1 is 1.40 bits per heavy atom. The van der Waals surface area contributed by atoms with Crippen LogP contribution in [0.2, 0.25) is 0 Å². The maximum atomic E-state index is 13.4. The zero-order valence-electron chi connectivity index (χ0n) is 12.1. The molecule has 0 fully saturated rings. The van der Waals surface area contributed by atoms with Crippen molar-refractivity contribution in [3.05, 3.63) is 41.0 Å². The topological polar surface area (TPSA) is 55.6 Å². The van der Waals surface area contributed by atoms with Crippen molar-refractivity contribution in [1.82, 2.24) is 25.5 Å². The number of hydrogen-bond acceptors (Lipinski definition) is 4. The second-order valence-corrected chi connectivity index (χ2v) is 4.91. The fourth-order valence-corrected chi connectivity index (χ4v) is 2.10. The molecule has 5 nitrogen and oxygen atoms in total. The van der Waals surface area contributed by atoms with Gasteiger partial charge in [-0.1, -0.05) is 19.1 Å². The van der Waals surface area contributed by atoms with Gasteiger partial charge in [0.1, 0.15) is 5.82 Å². The van der Waals surface area contributed by atoms with E-state index in [1.807, 2.05) is 12.1 Å². The van der Waals surface area contributed by atoms with Gasteiger partial charge in [0, 0.05) is 12.5 Å². The molecule has 0 saturated carbocycles. The second-order valence-electron chi connectivity index (χ2n) is 4.91. The molecule has 0 amide bonds. The van der Waals surface area contributed by atoms with Gasteiger partial charge < -0.3 is 5.32 Å². The molecule has 0 radical (unpaired) electrons. The first-order valence-electron chi connectivity index (χ1n) is 6.82. The van der Waals surface area contributed by atoms with Gasteiger partial charge in [-0.05, 0) is 42.3 Å². The molecule has 1 aromatic heterocycles. The third kappa shape index (κ3) is 3.60. The van der Waals surface area contributed by atoms with Crippen LogP contribution in [0, 0.1) is 12.7 Å². The quantitative estimate of drug-likeness (QED) is 0.876. The molecule has 0 aliphatic heterocycles. The molecular weight excluding hydrogens is 257 g/mol. The highest BCUT2D eigenvalue weighted by Crippen LogP contribution is 2.19. The highest BCUT2D eigenvalue weighted by molar-refractivity contribution is 5.27. The Bertz CT molecular complexity index is 566. The summed E-state index contributed by atoms with van der Waals surface area (Å²) >= 11 is 0. The van der Waals surface area contributed by atoms with Crippen molar-refractivity contribution in [3.63, 3.8) is 0 Å². The van der Waals surface area contributed by atoms with Crippen LogP contribution in [-0.4, -0.2) is 26.8 Å². The number of hydrogen-bond donors (Lipinski definition) is 1. The van der Waals surface area contributed by atoms with Crippen molar-refractivity contribution >= 4 is 0 Å². The van der Waals surface area contributed by atoms with Gasteiger partial charge in [-0.2, -0.15) is 4.80 Å². The summed E-state index contributed by atoms with van der Waals surface area (Å²) < 4.78 is 13.4. The average molecular weight is 277 g/mol. The fraction of sp³-hybridized carbons (Fsp3) is 0.500. The van der Waals surface area contributed by atoms with Crippen LogP contribution in [-0.2, 0) is 13.5 Å². The molecule has 2 aromatic rings. The Balaban J connectivity index is 2.19. The number of rotatable bonds is 6. The van der Waals surface area contributed by atoms with Crippen molar-refractivity contribution in [3.8, 4) is 0 Å². The van der Waals surface area contributed by atoms with Crippen LogP contribution >= 0.6 is 0 Å². The molecule has 2 rings (SSSR count). The average Bonchev–Trinajstić information content (AvgIpc) is 2.83. The summed E-state index contributed by atoms with van der Waals surface area (Å²) in [4.78, 5) is 1.45. The molecule has 6 heteroatoms. The van der Waals surface area contributed by atoms with Crippen LogP contribution in [0.25, 0.3) is 0 Å². The van der Waals surface area contributed by atoms with Crippen LogP contribution in [0.1, 0.15) is 36.3 Å². The molecule has 0 aliphatic carbocycles. The molecule has 0 spiro atoms. The van der Waals surface area contributed by atoms with Gasteiger partial charge in [0.05, 0.1) is 7.05 Å². The lowest BCUT2D eigenvalue weighted by atomic mass is 10.0. The summed E-state index contributed by atoms with van der Waals surface area (Å²) in [6.07, 6.45) is 1.67. The lowest BCUT2D eigenvalue weighted by Gasteiger charge is -2.18. The van der Waals surface area contributed by atoms with E-state index in [2.05, 4.69) is 27.7 Å². The van der Waals surface area contributed by atoms with Gasteiger partial charge in [-0.15, -0.1) is 10.2 Å². The van der Waals surface area contributed by atoms with E-state index in [1.54, 1.807) is 14.0 Å². The molecular formula is C14H20FN5. The van der Waals surface area contributed by atoms with Gasteiger partial charge in [0.2, 0.25) is 0 Å². The minimum atomic E-state index is -0.180. The fourth-order valence-electron chi connectivity index (χ4n) is 2.10. The Morgan fingerprint density at radius 2 is 2.20 bits per heavy atom.